The van der Waals surface area contributed by atoms with E-state index in [-0.39, 0.29) is 35.7 Å². The first-order valence-corrected chi connectivity index (χ1v) is 21.6. The Balaban J connectivity index is 0.000000275. The standard InChI is InChI=1S/C22H25.C17H15.C2H6Si.2ClH.Zr/c1-15(2)18-13-17-7-6-8-20(21(17)14-18)16-9-11-19(12-10-16)22(3,4)5;1-12-10-16-13(2)8-9-15(17(16)11-12)14-6-4-3-5-7-14;1-3-2;;;/h6-15H,1-5H3;3-11H,1-2H3;1-2H3;2*1H;/q2*-1;;;;+2/p-2. The Bertz CT molecular complexity index is 1810. The second-order valence-corrected chi connectivity index (χ2v) is 22.6. The van der Waals surface area contributed by atoms with Crippen molar-refractivity contribution in [1.29, 1.82) is 0 Å². The van der Waals surface area contributed by atoms with E-state index in [1.165, 1.54) is 66.1 Å². The minimum atomic E-state index is 0. The minimum absolute atomic E-state index is 0. The zero-order valence-corrected chi connectivity index (χ0v) is 33.2. The summed E-state index contributed by atoms with van der Waals surface area (Å²) in [6.07, 6.45) is 0. The van der Waals surface area contributed by atoms with Crippen LogP contribution in [0.25, 0.3) is 43.8 Å². The van der Waals surface area contributed by atoms with Gasteiger partial charge < -0.3 is 24.8 Å². The van der Waals surface area contributed by atoms with E-state index < -0.39 is 0 Å². The van der Waals surface area contributed by atoms with Crippen LogP contribution < -0.4 is 24.8 Å². The van der Waals surface area contributed by atoms with Crippen molar-refractivity contribution in [2.24, 2.45) is 0 Å². The van der Waals surface area contributed by atoms with Crippen LogP contribution in [0.3, 0.4) is 0 Å². The monoisotopic (exact) mass is 726 g/mol. The number of benzene rings is 4. The molecule has 0 amide bonds. The summed E-state index contributed by atoms with van der Waals surface area (Å²) in [6.45, 7) is 20.2. The van der Waals surface area contributed by atoms with Gasteiger partial charge in [0, 0.05) is 0 Å². The molecule has 45 heavy (non-hydrogen) atoms. The molecule has 0 N–H and O–H groups in total. The minimum Gasteiger partial charge on any atom is -1.00 e. The fraction of sp³-hybridized carbons (Fsp3) is 0.268. The van der Waals surface area contributed by atoms with Crippen LogP contribution in [0.1, 0.15) is 62.8 Å². The van der Waals surface area contributed by atoms with Crippen molar-refractivity contribution in [2.75, 3.05) is 0 Å². The maximum atomic E-state index is 2.35. The van der Waals surface area contributed by atoms with Gasteiger partial charge >= 0.3 is 41.9 Å². The third-order valence-corrected chi connectivity index (χ3v) is 7.84. The smallest absolute Gasteiger partial charge is 0.0279 e. The maximum Gasteiger partial charge on any atom is -0.0279 e. The molecule has 0 spiro atoms. The van der Waals surface area contributed by atoms with Gasteiger partial charge in [-0.25, -0.2) is 0 Å². The molecule has 0 aliphatic carbocycles. The maximum absolute atomic E-state index is 2.35. The number of aryl methyl sites for hydroxylation is 2. The van der Waals surface area contributed by atoms with Gasteiger partial charge in [-0.15, -0.1) is 68.6 Å². The van der Waals surface area contributed by atoms with Gasteiger partial charge in [-0.3, -0.25) is 0 Å². The van der Waals surface area contributed by atoms with Crippen molar-refractivity contribution in [3.05, 3.63) is 131 Å². The largest absolute Gasteiger partial charge is 1.00 e. The van der Waals surface area contributed by atoms with Crippen LogP contribution in [-0.4, -0.2) is 5.43 Å². The second kappa shape index (κ2) is 17.1. The topological polar surface area (TPSA) is 0 Å². The number of fused-ring (bicyclic) bond motifs is 2. The molecule has 0 aliphatic heterocycles. The van der Waals surface area contributed by atoms with Crippen molar-refractivity contribution in [3.8, 4) is 22.3 Å². The van der Waals surface area contributed by atoms with E-state index in [2.05, 4.69) is 171 Å². The van der Waals surface area contributed by atoms with E-state index >= 15 is 0 Å². The molecule has 0 bridgehead atoms. The molecule has 6 rings (SSSR count). The quantitative estimate of drug-likeness (QED) is 0.149. The van der Waals surface area contributed by atoms with Gasteiger partial charge in [-0.1, -0.05) is 126 Å². The van der Waals surface area contributed by atoms with Crippen molar-refractivity contribution in [1.82, 2.24) is 0 Å². The molecule has 0 fully saturated rings. The predicted molar refractivity (Wildman–Crippen MR) is 190 cm³/mol. The molecular weight excluding hydrogens is 683 g/mol. The van der Waals surface area contributed by atoms with E-state index in [9.17, 15) is 0 Å². The number of hydrogen-bond acceptors (Lipinski definition) is 0. The summed E-state index contributed by atoms with van der Waals surface area (Å²) in [5.41, 5.74) is 11.2. The Morgan fingerprint density at radius 1 is 0.667 bits per heavy atom. The predicted octanol–water partition coefficient (Wildman–Crippen LogP) is 6.28. The summed E-state index contributed by atoms with van der Waals surface area (Å²) in [5, 5.41) is 5.47. The summed E-state index contributed by atoms with van der Waals surface area (Å²) in [7, 11) is 0. The third-order valence-electron chi connectivity index (χ3n) is 7.84. The normalized spacial score (nSPS) is 10.8. The van der Waals surface area contributed by atoms with Crippen LogP contribution in [0.4, 0.5) is 0 Å². The zero-order chi connectivity index (χ0) is 31.3. The van der Waals surface area contributed by atoms with Crippen molar-refractivity contribution >= 4 is 27.0 Å². The Morgan fingerprint density at radius 3 is 1.82 bits per heavy atom. The Kier molecular flexibility index (Phi) is 14.8. The van der Waals surface area contributed by atoms with Gasteiger partial charge in [0.2, 0.25) is 0 Å². The summed E-state index contributed by atoms with van der Waals surface area (Å²) in [5.74, 6) is 0.573. The Hall–Kier alpha value is -2.22. The molecule has 0 aromatic heterocycles. The Labute approximate surface area is 299 Å². The van der Waals surface area contributed by atoms with Gasteiger partial charge in [0.25, 0.3) is 0 Å². The van der Waals surface area contributed by atoms with Crippen molar-refractivity contribution in [3.63, 3.8) is 0 Å². The molecule has 4 heteroatoms. The molecule has 0 saturated carbocycles. The number of rotatable bonds is 3. The van der Waals surface area contributed by atoms with E-state index in [0.29, 0.717) is 5.92 Å². The fourth-order valence-electron chi connectivity index (χ4n) is 5.45. The number of halogens is 2. The first kappa shape index (κ1) is 39.0. The number of hydrogen-bond donors (Lipinski definition) is 0. The van der Waals surface area contributed by atoms with Crippen molar-refractivity contribution in [2.45, 2.75) is 72.9 Å². The molecule has 0 saturated heterocycles. The summed E-state index contributed by atoms with van der Waals surface area (Å²) in [6, 6.07) is 39.9. The van der Waals surface area contributed by atoms with E-state index in [1.54, 1.807) is 23.3 Å². The molecule has 0 radical (unpaired) electrons. The Morgan fingerprint density at radius 2 is 1.24 bits per heavy atom. The van der Waals surface area contributed by atoms with Crippen LogP contribution in [-0.2, 0) is 28.8 Å². The van der Waals surface area contributed by atoms with Gasteiger partial charge in [0.15, 0.2) is 0 Å². The summed E-state index contributed by atoms with van der Waals surface area (Å²) >= 11 is 1.74. The van der Waals surface area contributed by atoms with E-state index in [0.717, 1.165) is 0 Å². The molecule has 6 aromatic rings. The molecule has 0 unspecified atom stereocenters. The van der Waals surface area contributed by atoms with Crippen LogP contribution in [0.2, 0.25) is 13.1 Å². The average Bonchev–Trinajstić information content (AvgIpc) is 3.58. The third kappa shape index (κ3) is 10.1. The summed E-state index contributed by atoms with van der Waals surface area (Å²) < 4.78 is 0. The molecular formula is C41H46Cl2SiZr-2. The second-order valence-electron chi connectivity index (χ2n) is 13.2. The van der Waals surface area contributed by atoms with E-state index in [4.69, 9.17) is 0 Å². The molecule has 0 heterocycles. The van der Waals surface area contributed by atoms with Gasteiger partial charge in [0.05, 0.1) is 0 Å². The van der Waals surface area contributed by atoms with Crippen molar-refractivity contribution < 1.29 is 48.1 Å². The van der Waals surface area contributed by atoms with E-state index in [1.807, 2.05) is 0 Å². The van der Waals surface area contributed by atoms with Crippen LogP contribution >= 0.6 is 0 Å². The molecule has 234 valence electrons. The molecule has 6 aromatic carbocycles. The SMILES string of the molecule is CC(C)c1cc2c(-c3ccc(C(C)(C)C)cc3)cccc2[cH-]1.C[Si](C)=[Zr+2].Cc1cc2c(-c3ccccc3)ccc(C)c2[cH-]1.[Cl-].[Cl-]. The van der Waals surface area contributed by atoms with Crippen LogP contribution in [0, 0.1) is 13.8 Å². The van der Waals surface area contributed by atoms with Gasteiger partial charge in [0.1, 0.15) is 0 Å². The van der Waals surface area contributed by atoms with Gasteiger partial charge in [-0.2, -0.15) is 12.1 Å². The van der Waals surface area contributed by atoms with Gasteiger partial charge in [-0.05, 0) is 28.0 Å². The first-order chi connectivity index (χ1) is 20.3. The zero-order valence-electron chi connectivity index (χ0n) is 28.2. The van der Waals surface area contributed by atoms with Crippen LogP contribution in [0.15, 0.2) is 109 Å². The average molecular weight is 729 g/mol. The molecule has 0 atom stereocenters. The molecule has 0 aliphatic rings. The summed E-state index contributed by atoms with van der Waals surface area (Å²) in [4.78, 5) is 0. The van der Waals surface area contributed by atoms with Crippen LogP contribution in [0.5, 0.6) is 0 Å². The fourth-order valence-corrected chi connectivity index (χ4v) is 5.45. The first-order valence-electron chi connectivity index (χ1n) is 15.4. The molecule has 0 nitrogen and oxygen atoms in total.